The van der Waals surface area contributed by atoms with Crippen molar-refractivity contribution in [2.75, 3.05) is 0 Å². The maximum atomic E-state index is 9.24. The van der Waals surface area contributed by atoms with Crippen LogP contribution in [0.1, 0.15) is 19.3 Å². The lowest BCUT2D eigenvalue weighted by atomic mass is 9.95. The zero-order valence-corrected chi connectivity index (χ0v) is 5.33. The third-order valence-corrected chi connectivity index (χ3v) is 2.83. The lowest BCUT2D eigenvalue weighted by Crippen LogP contribution is -2.31. The molecule has 2 heteroatoms. The van der Waals surface area contributed by atoms with Crippen molar-refractivity contribution in [3.05, 3.63) is 0 Å². The molecule has 9 heavy (non-hydrogen) atoms. The summed E-state index contributed by atoms with van der Waals surface area (Å²) in [7, 11) is 0. The van der Waals surface area contributed by atoms with E-state index in [4.69, 9.17) is 0 Å². The summed E-state index contributed by atoms with van der Waals surface area (Å²) >= 11 is 0. The highest BCUT2D eigenvalue weighted by atomic mass is 16.3. The average molecular weight is 128 g/mol. The Kier molecular flexibility index (Phi) is 1.08. The number of hydrogen-bond donors (Lipinski definition) is 2. The van der Waals surface area contributed by atoms with Gasteiger partial charge < -0.3 is 10.2 Å². The number of aliphatic hydroxyl groups is 2. The molecule has 0 aromatic heterocycles. The van der Waals surface area contributed by atoms with Crippen LogP contribution >= 0.6 is 0 Å². The lowest BCUT2D eigenvalue weighted by molar-refractivity contribution is -0.0160. The van der Waals surface area contributed by atoms with Crippen molar-refractivity contribution in [1.82, 2.24) is 0 Å². The molecule has 0 radical (unpaired) electrons. The molecule has 0 aromatic rings. The van der Waals surface area contributed by atoms with Crippen LogP contribution in [0.5, 0.6) is 0 Å². The molecule has 0 spiro atoms. The van der Waals surface area contributed by atoms with Crippen molar-refractivity contribution < 1.29 is 10.2 Å². The zero-order chi connectivity index (χ0) is 6.43. The first-order chi connectivity index (χ1) is 4.29. The summed E-state index contributed by atoms with van der Waals surface area (Å²) in [4.78, 5) is 0. The predicted octanol–water partition coefficient (Wildman–Crippen LogP) is 0.138. The van der Waals surface area contributed by atoms with E-state index in [0.29, 0.717) is 11.8 Å². The number of hydrogen-bond acceptors (Lipinski definition) is 2. The van der Waals surface area contributed by atoms with Crippen LogP contribution < -0.4 is 0 Å². The Morgan fingerprint density at radius 3 is 1.56 bits per heavy atom. The summed E-state index contributed by atoms with van der Waals surface area (Å²) in [5, 5.41) is 18.5. The summed E-state index contributed by atoms with van der Waals surface area (Å²) < 4.78 is 0. The molecule has 2 rings (SSSR count). The van der Waals surface area contributed by atoms with E-state index >= 15 is 0 Å². The largest absolute Gasteiger partial charge is 0.390 e. The second kappa shape index (κ2) is 1.70. The summed E-state index contributed by atoms with van der Waals surface area (Å²) in [6.45, 7) is 0. The van der Waals surface area contributed by atoms with Gasteiger partial charge in [-0.2, -0.15) is 0 Å². The second-order valence-corrected chi connectivity index (χ2v) is 3.31. The average Bonchev–Trinajstić information content (AvgIpc) is 2.37. The number of aliphatic hydroxyl groups excluding tert-OH is 2. The van der Waals surface area contributed by atoms with Crippen molar-refractivity contribution in [2.45, 2.75) is 31.5 Å². The van der Waals surface area contributed by atoms with Crippen LogP contribution in [0.2, 0.25) is 0 Å². The van der Waals surface area contributed by atoms with Crippen molar-refractivity contribution in [1.29, 1.82) is 0 Å². The Bertz CT molecular complexity index is 106. The molecule has 2 N–H and O–H groups in total. The fourth-order valence-corrected chi connectivity index (χ4v) is 2.23. The van der Waals surface area contributed by atoms with Crippen LogP contribution in [-0.4, -0.2) is 22.4 Å². The third-order valence-electron chi connectivity index (χ3n) is 2.83. The Balaban J connectivity index is 2.15. The fourth-order valence-electron chi connectivity index (χ4n) is 2.23. The van der Waals surface area contributed by atoms with E-state index in [2.05, 4.69) is 0 Å². The molecule has 2 saturated carbocycles. The quantitative estimate of drug-likeness (QED) is 0.487. The van der Waals surface area contributed by atoms with Crippen LogP contribution in [0.25, 0.3) is 0 Å². The fraction of sp³-hybridized carbons (Fsp3) is 1.00. The third kappa shape index (κ3) is 0.634. The molecule has 2 fully saturated rings. The summed E-state index contributed by atoms with van der Waals surface area (Å²) in [6, 6.07) is 0. The zero-order valence-electron chi connectivity index (χ0n) is 5.33. The molecule has 2 unspecified atom stereocenters. The first-order valence-corrected chi connectivity index (χ1v) is 3.65. The van der Waals surface area contributed by atoms with E-state index in [0.717, 1.165) is 19.3 Å². The minimum Gasteiger partial charge on any atom is -0.390 e. The van der Waals surface area contributed by atoms with Gasteiger partial charge in [-0.3, -0.25) is 0 Å². The highest BCUT2D eigenvalue weighted by Gasteiger charge is 2.45. The maximum absolute atomic E-state index is 9.24. The monoisotopic (exact) mass is 128 g/mol. The Morgan fingerprint density at radius 2 is 1.33 bits per heavy atom. The van der Waals surface area contributed by atoms with Gasteiger partial charge in [0.2, 0.25) is 0 Å². The van der Waals surface area contributed by atoms with Crippen LogP contribution in [-0.2, 0) is 0 Å². The minimum atomic E-state index is -0.399. The van der Waals surface area contributed by atoms with E-state index in [-0.39, 0.29) is 0 Å². The van der Waals surface area contributed by atoms with E-state index in [9.17, 15) is 10.2 Å². The predicted molar refractivity (Wildman–Crippen MR) is 32.8 cm³/mol. The van der Waals surface area contributed by atoms with Gasteiger partial charge in [-0.05, 0) is 31.1 Å². The Morgan fingerprint density at radius 1 is 0.889 bits per heavy atom. The minimum absolute atomic E-state index is 0.399. The van der Waals surface area contributed by atoms with Gasteiger partial charge in [-0.25, -0.2) is 0 Å². The first kappa shape index (κ1) is 5.69. The molecule has 52 valence electrons. The highest BCUT2D eigenvalue weighted by Crippen LogP contribution is 2.44. The standard InChI is InChI=1S/C7H12O2/c8-6-4-1-2-5(3-4)7(6)9/h4-9H,1-3H2/t4-,5?,6?,7+/m0/s1. The summed E-state index contributed by atoms with van der Waals surface area (Å²) in [5.41, 5.74) is 0. The van der Waals surface area contributed by atoms with Gasteiger partial charge >= 0.3 is 0 Å². The molecule has 0 heterocycles. The highest BCUT2D eigenvalue weighted by molar-refractivity contribution is 4.96. The molecule has 0 amide bonds. The van der Waals surface area contributed by atoms with Gasteiger partial charge in [0.15, 0.2) is 0 Å². The van der Waals surface area contributed by atoms with Gasteiger partial charge in [0.25, 0.3) is 0 Å². The SMILES string of the molecule is OC1[C@H]2CCC(C2)[C@H]1O. The topological polar surface area (TPSA) is 40.5 Å². The molecule has 0 saturated heterocycles. The molecular formula is C7H12O2. The molecule has 0 aromatic carbocycles. The van der Waals surface area contributed by atoms with E-state index < -0.39 is 12.2 Å². The lowest BCUT2D eigenvalue weighted by Gasteiger charge is -2.21. The molecule has 0 aliphatic heterocycles. The van der Waals surface area contributed by atoms with Crippen LogP contribution in [0.15, 0.2) is 0 Å². The summed E-state index contributed by atoms with van der Waals surface area (Å²) in [5.74, 6) is 0.843. The van der Waals surface area contributed by atoms with Gasteiger partial charge in [-0.1, -0.05) is 0 Å². The molecule has 2 aliphatic carbocycles. The Hall–Kier alpha value is -0.0800. The van der Waals surface area contributed by atoms with Crippen molar-refractivity contribution in [3.8, 4) is 0 Å². The van der Waals surface area contributed by atoms with Crippen molar-refractivity contribution in [2.24, 2.45) is 11.8 Å². The van der Waals surface area contributed by atoms with Crippen LogP contribution in [0.3, 0.4) is 0 Å². The van der Waals surface area contributed by atoms with Crippen molar-refractivity contribution in [3.63, 3.8) is 0 Å². The molecule has 2 bridgehead atoms. The molecule has 4 atom stereocenters. The van der Waals surface area contributed by atoms with E-state index in [1.807, 2.05) is 0 Å². The van der Waals surface area contributed by atoms with Crippen LogP contribution in [0, 0.1) is 11.8 Å². The molecular weight excluding hydrogens is 116 g/mol. The van der Waals surface area contributed by atoms with Crippen molar-refractivity contribution >= 4 is 0 Å². The Labute approximate surface area is 54.5 Å². The van der Waals surface area contributed by atoms with E-state index in [1.165, 1.54) is 0 Å². The number of fused-ring (bicyclic) bond motifs is 2. The maximum Gasteiger partial charge on any atom is 0.0830 e. The molecule has 2 nitrogen and oxygen atoms in total. The van der Waals surface area contributed by atoms with E-state index in [1.54, 1.807) is 0 Å². The van der Waals surface area contributed by atoms with Gasteiger partial charge in [0.1, 0.15) is 0 Å². The number of rotatable bonds is 0. The second-order valence-electron chi connectivity index (χ2n) is 3.31. The van der Waals surface area contributed by atoms with Crippen LogP contribution in [0.4, 0.5) is 0 Å². The van der Waals surface area contributed by atoms with Gasteiger partial charge in [-0.15, -0.1) is 0 Å². The smallest absolute Gasteiger partial charge is 0.0830 e. The van der Waals surface area contributed by atoms with Gasteiger partial charge in [0.05, 0.1) is 12.2 Å². The summed E-state index contributed by atoms with van der Waals surface area (Å²) in [6.07, 6.45) is 2.51. The first-order valence-electron chi connectivity index (χ1n) is 3.65. The van der Waals surface area contributed by atoms with Gasteiger partial charge in [0, 0.05) is 0 Å². The molecule has 2 aliphatic rings. The normalized spacial score (nSPS) is 56.7.